The lowest BCUT2D eigenvalue weighted by atomic mass is 10.0. The molecule has 0 aliphatic rings. The van der Waals surface area contributed by atoms with Crippen LogP contribution in [0.2, 0.25) is 0 Å². The third kappa shape index (κ3) is 6.48. The van der Waals surface area contributed by atoms with E-state index in [1.165, 1.54) is 0 Å². The molecule has 4 nitrogen and oxygen atoms in total. The summed E-state index contributed by atoms with van der Waals surface area (Å²) in [6.45, 7) is 4.24. The Morgan fingerprint density at radius 2 is 1.80 bits per heavy atom. The van der Waals surface area contributed by atoms with Crippen LogP contribution >= 0.6 is 0 Å². The van der Waals surface area contributed by atoms with Gasteiger partial charge in [0.2, 0.25) is 5.91 Å². The van der Waals surface area contributed by atoms with Crippen molar-refractivity contribution in [2.45, 2.75) is 39.2 Å². The highest BCUT2D eigenvalue weighted by atomic mass is 16.3. The minimum Gasteiger partial charge on any atom is -0.393 e. The predicted molar refractivity (Wildman–Crippen MR) is 78.5 cm³/mol. The summed E-state index contributed by atoms with van der Waals surface area (Å²) in [4.78, 5) is 23.5. The van der Waals surface area contributed by atoms with Crippen LogP contribution in [0, 0.1) is 5.92 Å². The lowest BCUT2D eigenvalue weighted by molar-refractivity contribution is -0.121. The average molecular weight is 277 g/mol. The van der Waals surface area contributed by atoms with Crippen LogP contribution in [0.4, 0.5) is 0 Å². The first-order valence-corrected chi connectivity index (χ1v) is 7.02. The molecule has 110 valence electrons. The molecule has 0 fully saturated rings. The number of carbonyl (C=O) groups is 2. The Morgan fingerprint density at radius 1 is 1.15 bits per heavy atom. The fourth-order valence-corrected chi connectivity index (χ4v) is 2.04. The number of aliphatic hydroxyl groups is 1. The van der Waals surface area contributed by atoms with Gasteiger partial charge in [0, 0.05) is 24.9 Å². The summed E-state index contributed by atoms with van der Waals surface area (Å²) in [6.07, 6.45) is 0.723. The summed E-state index contributed by atoms with van der Waals surface area (Å²) in [5.74, 6) is 0.0910. The van der Waals surface area contributed by atoms with Gasteiger partial charge in [-0.05, 0) is 19.3 Å². The molecule has 2 unspecified atom stereocenters. The van der Waals surface area contributed by atoms with Crippen molar-refractivity contribution in [3.05, 3.63) is 35.9 Å². The van der Waals surface area contributed by atoms with Crippen molar-refractivity contribution in [1.29, 1.82) is 0 Å². The van der Waals surface area contributed by atoms with E-state index in [1.54, 1.807) is 19.1 Å². The largest absolute Gasteiger partial charge is 0.393 e. The van der Waals surface area contributed by atoms with Gasteiger partial charge in [-0.15, -0.1) is 0 Å². The molecule has 2 atom stereocenters. The van der Waals surface area contributed by atoms with Gasteiger partial charge in [0.15, 0.2) is 5.78 Å². The molecular formula is C16H23NO3. The van der Waals surface area contributed by atoms with Gasteiger partial charge in [0.1, 0.15) is 0 Å². The Balaban J connectivity index is 2.25. The topological polar surface area (TPSA) is 66.4 Å². The molecule has 0 saturated carbocycles. The van der Waals surface area contributed by atoms with Gasteiger partial charge in [-0.3, -0.25) is 9.59 Å². The van der Waals surface area contributed by atoms with Crippen LogP contribution in [-0.2, 0) is 4.79 Å². The van der Waals surface area contributed by atoms with Gasteiger partial charge in [-0.2, -0.15) is 0 Å². The molecule has 1 aromatic carbocycles. The minimum absolute atomic E-state index is 0.0159. The highest BCUT2D eigenvalue weighted by molar-refractivity contribution is 5.97. The molecule has 0 aliphatic heterocycles. The third-order valence-electron chi connectivity index (χ3n) is 3.07. The van der Waals surface area contributed by atoms with Gasteiger partial charge < -0.3 is 10.4 Å². The maximum atomic E-state index is 11.8. The van der Waals surface area contributed by atoms with Crippen molar-refractivity contribution in [3.63, 3.8) is 0 Å². The molecule has 0 aromatic heterocycles. The Hall–Kier alpha value is -1.68. The summed E-state index contributed by atoms with van der Waals surface area (Å²) in [7, 11) is 0. The molecule has 2 N–H and O–H groups in total. The molecule has 0 bridgehead atoms. The van der Waals surface area contributed by atoms with E-state index in [-0.39, 0.29) is 36.6 Å². The van der Waals surface area contributed by atoms with Crippen molar-refractivity contribution in [1.82, 2.24) is 5.32 Å². The van der Waals surface area contributed by atoms with Crippen molar-refractivity contribution in [3.8, 4) is 0 Å². The van der Waals surface area contributed by atoms with E-state index < -0.39 is 0 Å². The normalized spacial score (nSPS) is 13.6. The van der Waals surface area contributed by atoms with Gasteiger partial charge in [-0.1, -0.05) is 37.3 Å². The van der Waals surface area contributed by atoms with Crippen LogP contribution in [0.1, 0.15) is 43.5 Å². The van der Waals surface area contributed by atoms with Crippen LogP contribution in [0.15, 0.2) is 30.3 Å². The average Bonchev–Trinajstić information content (AvgIpc) is 2.42. The van der Waals surface area contributed by atoms with Crippen molar-refractivity contribution < 1.29 is 14.7 Å². The lowest BCUT2D eigenvalue weighted by Crippen LogP contribution is -2.29. The zero-order valence-corrected chi connectivity index (χ0v) is 12.1. The molecule has 0 saturated heterocycles. The first-order chi connectivity index (χ1) is 9.49. The van der Waals surface area contributed by atoms with E-state index in [2.05, 4.69) is 5.32 Å². The minimum atomic E-state index is -0.360. The summed E-state index contributed by atoms with van der Waals surface area (Å²) < 4.78 is 0. The SMILES string of the molecule is CC(O)CC(C)CNC(=O)CCC(=O)c1ccccc1. The van der Waals surface area contributed by atoms with Gasteiger partial charge >= 0.3 is 0 Å². The van der Waals surface area contributed by atoms with Gasteiger partial charge in [0.05, 0.1) is 6.10 Å². The highest BCUT2D eigenvalue weighted by Crippen LogP contribution is 2.06. The van der Waals surface area contributed by atoms with Crippen LogP contribution in [0.5, 0.6) is 0 Å². The molecule has 0 aliphatic carbocycles. The van der Waals surface area contributed by atoms with E-state index in [0.717, 1.165) is 0 Å². The number of aliphatic hydroxyl groups excluding tert-OH is 1. The molecule has 0 spiro atoms. The number of rotatable bonds is 8. The fourth-order valence-electron chi connectivity index (χ4n) is 2.04. The number of Topliss-reactive ketones (excluding diaryl/α,β-unsaturated/α-hetero) is 1. The van der Waals surface area contributed by atoms with Crippen LogP contribution in [-0.4, -0.2) is 29.4 Å². The first kappa shape index (κ1) is 16.4. The number of hydrogen-bond donors (Lipinski definition) is 2. The van der Waals surface area contributed by atoms with E-state index in [1.807, 2.05) is 25.1 Å². The van der Waals surface area contributed by atoms with E-state index >= 15 is 0 Å². The van der Waals surface area contributed by atoms with Crippen LogP contribution in [0.3, 0.4) is 0 Å². The number of amides is 1. The van der Waals surface area contributed by atoms with Crippen LogP contribution in [0.25, 0.3) is 0 Å². The summed E-state index contributed by atoms with van der Waals surface area (Å²) in [5, 5.41) is 12.0. The highest BCUT2D eigenvalue weighted by Gasteiger charge is 2.11. The molecule has 20 heavy (non-hydrogen) atoms. The van der Waals surface area contributed by atoms with E-state index in [4.69, 9.17) is 0 Å². The van der Waals surface area contributed by atoms with Crippen molar-refractivity contribution in [2.24, 2.45) is 5.92 Å². The van der Waals surface area contributed by atoms with E-state index in [9.17, 15) is 14.7 Å². The van der Waals surface area contributed by atoms with Crippen LogP contribution < -0.4 is 5.32 Å². The molecule has 1 aromatic rings. The predicted octanol–water partition coefficient (Wildman–Crippen LogP) is 2.17. The third-order valence-corrected chi connectivity index (χ3v) is 3.07. The van der Waals surface area contributed by atoms with E-state index in [0.29, 0.717) is 18.5 Å². The Labute approximate surface area is 120 Å². The maximum absolute atomic E-state index is 11.8. The Morgan fingerprint density at radius 3 is 2.40 bits per heavy atom. The number of carbonyl (C=O) groups excluding carboxylic acids is 2. The Kier molecular flexibility index (Phi) is 6.94. The monoisotopic (exact) mass is 277 g/mol. The lowest BCUT2D eigenvalue weighted by Gasteiger charge is -2.14. The molecular weight excluding hydrogens is 254 g/mol. The standard InChI is InChI=1S/C16H23NO3/c1-12(10-13(2)18)11-17-16(20)9-8-15(19)14-6-4-3-5-7-14/h3-7,12-13,18H,8-11H2,1-2H3,(H,17,20). The summed E-state index contributed by atoms with van der Waals surface area (Å²) in [5.41, 5.74) is 0.641. The maximum Gasteiger partial charge on any atom is 0.220 e. The Bertz CT molecular complexity index is 429. The first-order valence-electron chi connectivity index (χ1n) is 7.02. The smallest absolute Gasteiger partial charge is 0.220 e. The quantitative estimate of drug-likeness (QED) is 0.716. The zero-order chi connectivity index (χ0) is 15.0. The van der Waals surface area contributed by atoms with Gasteiger partial charge in [-0.25, -0.2) is 0 Å². The molecule has 4 heteroatoms. The fraction of sp³-hybridized carbons (Fsp3) is 0.500. The summed E-state index contributed by atoms with van der Waals surface area (Å²) in [6, 6.07) is 8.99. The number of hydrogen-bond acceptors (Lipinski definition) is 3. The second kappa shape index (κ2) is 8.48. The van der Waals surface area contributed by atoms with Gasteiger partial charge in [0.25, 0.3) is 0 Å². The number of ketones is 1. The molecule has 0 heterocycles. The number of benzene rings is 1. The van der Waals surface area contributed by atoms with Crippen molar-refractivity contribution in [2.75, 3.05) is 6.54 Å². The van der Waals surface area contributed by atoms with Crippen molar-refractivity contribution >= 4 is 11.7 Å². The molecule has 1 rings (SSSR count). The number of nitrogens with one attached hydrogen (secondary N) is 1. The summed E-state index contributed by atoms with van der Waals surface area (Å²) >= 11 is 0. The second-order valence-electron chi connectivity index (χ2n) is 5.28. The zero-order valence-electron chi connectivity index (χ0n) is 12.1. The second-order valence-corrected chi connectivity index (χ2v) is 5.28. The molecule has 1 amide bonds. The molecule has 0 radical (unpaired) electrons.